The first-order valence-corrected chi connectivity index (χ1v) is 10.0. The van der Waals surface area contributed by atoms with E-state index in [0.29, 0.717) is 36.0 Å². The minimum atomic E-state index is -0.981. The molecule has 2 N–H and O–H groups in total. The van der Waals surface area contributed by atoms with Crippen LogP contribution < -0.4 is 5.32 Å². The number of ether oxygens (including phenoxy) is 1. The van der Waals surface area contributed by atoms with Crippen molar-refractivity contribution in [2.24, 2.45) is 0 Å². The second-order valence-electron chi connectivity index (χ2n) is 7.50. The standard InChI is InChI=1S/C23H23FN4O3/c1-15-13-28(10-11-31-15)14-18-6-7-19(12-20(18)24)26-23-25-9-8-21(27-23)16-2-4-17(5-3-16)22(29)30/h2-9,12,15H,10-11,13-14H2,1H3,(H,29,30)(H,25,26,27)/t15-/m1/s1. The van der Waals surface area contributed by atoms with Gasteiger partial charge in [0, 0.05) is 42.6 Å². The summed E-state index contributed by atoms with van der Waals surface area (Å²) in [5.41, 5.74) is 2.78. The molecule has 4 rings (SSSR count). The summed E-state index contributed by atoms with van der Waals surface area (Å²) in [6, 6.07) is 13.2. The fourth-order valence-corrected chi connectivity index (χ4v) is 3.52. The summed E-state index contributed by atoms with van der Waals surface area (Å²) in [7, 11) is 0. The number of nitrogens with zero attached hydrogens (tertiary/aromatic N) is 3. The predicted octanol–water partition coefficient (Wildman–Crippen LogP) is 3.95. The van der Waals surface area contributed by atoms with E-state index in [1.54, 1.807) is 36.5 Å². The molecule has 160 valence electrons. The molecule has 31 heavy (non-hydrogen) atoms. The molecule has 0 radical (unpaired) electrons. The van der Waals surface area contributed by atoms with Gasteiger partial charge in [-0.05, 0) is 37.3 Å². The molecule has 3 aromatic rings. The van der Waals surface area contributed by atoms with Gasteiger partial charge < -0.3 is 15.2 Å². The van der Waals surface area contributed by atoms with Crippen LogP contribution in [0.1, 0.15) is 22.8 Å². The number of hydrogen-bond acceptors (Lipinski definition) is 6. The van der Waals surface area contributed by atoms with Crippen molar-refractivity contribution < 1.29 is 19.0 Å². The van der Waals surface area contributed by atoms with E-state index in [1.807, 2.05) is 6.92 Å². The third-order valence-electron chi connectivity index (χ3n) is 5.11. The molecule has 1 aromatic heterocycles. The number of anilines is 2. The Labute approximate surface area is 179 Å². The van der Waals surface area contributed by atoms with Crippen molar-refractivity contribution in [2.75, 3.05) is 25.0 Å². The molecular formula is C23H23FN4O3. The molecular weight excluding hydrogens is 399 g/mol. The molecule has 0 aliphatic carbocycles. The highest BCUT2D eigenvalue weighted by molar-refractivity contribution is 5.88. The van der Waals surface area contributed by atoms with Gasteiger partial charge >= 0.3 is 5.97 Å². The van der Waals surface area contributed by atoms with E-state index in [-0.39, 0.29) is 17.5 Å². The third kappa shape index (κ3) is 5.22. The molecule has 8 heteroatoms. The van der Waals surface area contributed by atoms with Crippen molar-refractivity contribution in [3.8, 4) is 11.3 Å². The van der Waals surface area contributed by atoms with Gasteiger partial charge in [-0.3, -0.25) is 4.90 Å². The molecule has 1 aliphatic heterocycles. The van der Waals surface area contributed by atoms with Gasteiger partial charge in [0.05, 0.1) is 24.0 Å². The summed E-state index contributed by atoms with van der Waals surface area (Å²) in [6.45, 7) is 4.79. The summed E-state index contributed by atoms with van der Waals surface area (Å²) < 4.78 is 20.2. The average molecular weight is 422 g/mol. The van der Waals surface area contributed by atoms with Gasteiger partial charge in [0.1, 0.15) is 5.82 Å². The molecule has 0 unspecified atom stereocenters. The molecule has 7 nitrogen and oxygen atoms in total. The highest BCUT2D eigenvalue weighted by Gasteiger charge is 2.18. The zero-order chi connectivity index (χ0) is 21.8. The first kappa shape index (κ1) is 20.9. The lowest BCUT2D eigenvalue weighted by atomic mass is 10.1. The Bertz CT molecular complexity index is 1070. The Kier molecular flexibility index (Phi) is 6.20. The van der Waals surface area contributed by atoms with Gasteiger partial charge in [-0.15, -0.1) is 0 Å². The second kappa shape index (κ2) is 9.20. The monoisotopic (exact) mass is 422 g/mol. The Morgan fingerprint density at radius 3 is 2.77 bits per heavy atom. The summed E-state index contributed by atoms with van der Waals surface area (Å²) >= 11 is 0. The minimum absolute atomic E-state index is 0.155. The van der Waals surface area contributed by atoms with Crippen molar-refractivity contribution in [3.63, 3.8) is 0 Å². The summed E-state index contributed by atoms with van der Waals surface area (Å²) in [6.07, 6.45) is 1.75. The van der Waals surface area contributed by atoms with Crippen molar-refractivity contribution in [3.05, 3.63) is 71.7 Å². The van der Waals surface area contributed by atoms with E-state index in [2.05, 4.69) is 20.2 Å². The Hall–Kier alpha value is -3.36. The van der Waals surface area contributed by atoms with Gasteiger partial charge in [-0.2, -0.15) is 0 Å². The zero-order valence-corrected chi connectivity index (χ0v) is 17.1. The summed E-state index contributed by atoms with van der Waals surface area (Å²) in [5.74, 6) is -0.941. The predicted molar refractivity (Wildman–Crippen MR) is 115 cm³/mol. The lowest BCUT2D eigenvalue weighted by Crippen LogP contribution is -2.40. The maximum absolute atomic E-state index is 14.7. The normalized spacial score (nSPS) is 16.8. The van der Waals surface area contributed by atoms with E-state index < -0.39 is 5.97 Å². The van der Waals surface area contributed by atoms with Crippen molar-refractivity contribution in [1.82, 2.24) is 14.9 Å². The number of aromatic carboxylic acids is 1. The average Bonchev–Trinajstić information content (AvgIpc) is 2.76. The fraction of sp³-hybridized carbons (Fsp3) is 0.261. The van der Waals surface area contributed by atoms with Crippen LogP contribution in [-0.2, 0) is 11.3 Å². The smallest absolute Gasteiger partial charge is 0.335 e. The Balaban J connectivity index is 1.46. The number of rotatable bonds is 6. The van der Waals surface area contributed by atoms with Crippen LogP contribution in [0.2, 0.25) is 0 Å². The van der Waals surface area contributed by atoms with E-state index in [1.165, 1.54) is 18.2 Å². The third-order valence-corrected chi connectivity index (χ3v) is 5.11. The highest BCUT2D eigenvalue weighted by Crippen LogP contribution is 2.22. The first-order valence-electron chi connectivity index (χ1n) is 10.0. The van der Waals surface area contributed by atoms with Crippen molar-refractivity contribution in [2.45, 2.75) is 19.6 Å². The highest BCUT2D eigenvalue weighted by atomic mass is 19.1. The van der Waals surface area contributed by atoms with Gasteiger partial charge in [0.2, 0.25) is 5.95 Å². The molecule has 1 aliphatic rings. The van der Waals surface area contributed by atoms with Crippen LogP contribution in [0.4, 0.5) is 16.0 Å². The number of benzene rings is 2. The maximum atomic E-state index is 14.7. The lowest BCUT2D eigenvalue weighted by Gasteiger charge is -2.31. The number of carbonyl (C=O) groups is 1. The van der Waals surface area contributed by atoms with Gasteiger partial charge in [0.15, 0.2) is 0 Å². The Morgan fingerprint density at radius 2 is 2.06 bits per heavy atom. The SMILES string of the molecule is C[C@@H]1CN(Cc2ccc(Nc3nccc(-c4ccc(C(=O)O)cc4)n3)cc2F)CCO1. The quantitative estimate of drug-likeness (QED) is 0.622. The summed E-state index contributed by atoms with van der Waals surface area (Å²) in [5, 5.41) is 12.1. The zero-order valence-electron chi connectivity index (χ0n) is 17.1. The second-order valence-corrected chi connectivity index (χ2v) is 7.50. The Morgan fingerprint density at radius 1 is 1.26 bits per heavy atom. The van der Waals surface area contributed by atoms with E-state index in [0.717, 1.165) is 18.7 Å². The minimum Gasteiger partial charge on any atom is -0.478 e. The van der Waals surface area contributed by atoms with Crippen LogP contribution in [0, 0.1) is 5.82 Å². The van der Waals surface area contributed by atoms with E-state index in [4.69, 9.17) is 9.84 Å². The van der Waals surface area contributed by atoms with Gasteiger partial charge in [0.25, 0.3) is 0 Å². The maximum Gasteiger partial charge on any atom is 0.335 e. The van der Waals surface area contributed by atoms with Crippen LogP contribution >= 0.6 is 0 Å². The molecule has 1 saturated heterocycles. The first-order chi connectivity index (χ1) is 15.0. The molecule has 2 aromatic carbocycles. The molecule has 1 atom stereocenters. The molecule has 0 saturated carbocycles. The van der Waals surface area contributed by atoms with Gasteiger partial charge in [-0.25, -0.2) is 19.2 Å². The van der Waals surface area contributed by atoms with Crippen LogP contribution in [0.15, 0.2) is 54.7 Å². The number of nitrogens with one attached hydrogen (secondary N) is 1. The van der Waals surface area contributed by atoms with Crippen molar-refractivity contribution in [1.29, 1.82) is 0 Å². The molecule has 2 heterocycles. The van der Waals surface area contributed by atoms with E-state index >= 15 is 0 Å². The topological polar surface area (TPSA) is 87.6 Å². The molecule has 0 bridgehead atoms. The number of carboxylic acid groups (broad SMARTS) is 1. The van der Waals surface area contributed by atoms with Crippen LogP contribution in [0.5, 0.6) is 0 Å². The fourth-order valence-electron chi connectivity index (χ4n) is 3.52. The molecule has 0 amide bonds. The van der Waals surface area contributed by atoms with Crippen LogP contribution in [-0.4, -0.2) is 51.7 Å². The number of morpholine rings is 1. The van der Waals surface area contributed by atoms with Gasteiger partial charge in [-0.1, -0.05) is 18.2 Å². The summed E-state index contributed by atoms with van der Waals surface area (Å²) in [4.78, 5) is 21.8. The number of carboxylic acids is 1. The number of aromatic nitrogens is 2. The van der Waals surface area contributed by atoms with Crippen LogP contribution in [0.3, 0.4) is 0 Å². The van der Waals surface area contributed by atoms with Crippen LogP contribution in [0.25, 0.3) is 11.3 Å². The molecule has 1 fully saturated rings. The lowest BCUT2D eigenvalue weighted by molar-refractivity contribution is -0.0215. The largest absolute Gasteiger partial charge is 0.478 e. The number of halogens is 1. The number of hydrogen-bond donors (Lipinski definition) is 2. The van der Waals surface area contributed by atoms with Crippen molar-refractivity contribution >= 4 is 17.6 Å². The van der Waals surface area contributed by atoms with E-state index in [9.17, 15) is 9.18 Å². The molecule has 0 spiro atoms.